The minimum Gasteiger partial charge on any atom is -0.354 e. The Morgan fingerprint density at radius 2 is 2.14 bits per heavy atom. The van der Waals surface area contributed by atoms with Gasteiger partial charge in [-0.2, -0.15) is 15.1 Å². The predicted octanol–water partition coefficient (Wildman–Crippen LogP) is 3.60. The van der Waals surface area contributed by atoms with Crippen molar-refractivity contribution < 1.29 is 0 Å². The Bertz CT molecular complexity index is 782. The minimum absolute atomic E-state index is 0.570. The van der Waals surface area contributed by atoms with E-state index in [1.807, 2.05) is 32.0 Å². The van der Waals surface area contributed by atoms with Gasteiger partial charge in [0.2, 0.25) is 5.95 Å². The average molecular weight is 347 g/mol. The summed E-state index contributed by atoms with van der Waals surface area (Å²) < 4.78 is 1.02. The fourth-order valence-electron chi connectivity index (χ4n) is 2.04. The van der Waals surface area contributed by atoms with E-state index in [0.717, 1.165) is 33.5 Å². The highest BCUT2D eigenvalue weighted by atomic mass is 79.9. The molecule has 21 heavy (non-hydrogen) atoms. The Morgan fingerprint density at radius 1 is 1.29 bits per heavy atom. The monoisotopic (exact) mass is 346 g/mol. The summed E-state index contributed by atoms with van der Waals surface area (Å²) >= 11 is 3.60. The highest BCUT2D eigenvalue weighted by Gasteiger charge is 2.11. The summed E-state index contributed by atoms with van der Waals surface area (Å²) in [5, 5.41) is 14.2. The van der Waals surface area contributed by atoms with Gasteiger partial charge in [0.25, 0.3) is 0 Å². The number of aromatic nitrogens is 4. The molecule has 3 N–H and O–H groups in total. The first-order chi connectivity index (χ1) is 10.2. The second kappa shape index (κ2) is 5.69. The molecule has 0 bridgehead atoms. The maximum absolute atomic E-state index is 4.51. The lowest BCUT2D eigenvalue weighted by molar-refractivity contribution is 1.07. The second-order valence-electron chi connectivity index (χ2n) is 4.62. The standard InChI is InChI=1S/C14H15BrN6/c1-3-16-14-19-12(9-7-17-21-13(9)20-14)18-10-6-4-5-8(2)11(10)15/h4-7H,3H2,1-2H3,(H3,16,17,18,19,20,21). The smallest absolute Gasteiger partial charge is 0.226 e. The number of anilines is 3. The number of fused-ring (bicyclic) bond motifs is 1. The summed E-state index contributed by atoms with van der Waals surface area (Å²) in [6.45, 7) is 4.81. The molecule has 0 aliphatic carbocycles. The van der Waals surface area contributed by atoms with Crippen LogP contribution < -0.4 is 10.6 Å². The first-order valence-electron chi connectivity index (χ1n) is 6.66. The molecule has 7 heteroatoms. The molecule has 0 atom stereocenters. The lowest BCUT2D eigenvalue weighted by atomic mass is 10.2. The number of aryl methyl sites for hydroxylation is 1. The van der Waals surface area contributed by atoms with Crippen molar-refractivity contribution in [1.82, 2.24) is 20.2 Å². The number of nitrogens with zero attached hydrogens (tertiary/aromatic N) is 3. The fraction of sp³-hybridized carbons (Fsp3) is 0.214. The van der Waals surface area contributed by atoms with Crippen LogP contribution in [0.3, 0.4) is 0 Å². The van der Waals surface area contributed by atoms with Gasteiger partial charge in [-0.15, -0.1) is 0 Å². The largest absolute Gasteiger partial charge is 0.354 e. The van der Waals surface area contributed by atoms with E-state index in [-0.39, 0.29) is 0 Å². The molecule has 0 saturated carbocycles. The van der Waals surface area contributed by atoms with Gasteiger partial charge in [0.05, 0.1) is 17.3 Å². The Hall–Kier alpha value is -2.15. The Labute approximate surface area is 130 Å². The van der Waals surface area contributed by atoms with Crippen molar-refractivity contribution in [1.29, 1.82) is 0 Å². The van der Waals surface area contributed by atoms with Gasteiger partial charge in [-0.25, -0.2) is 0 Å². The predicted molar refractivity (Wildman–Crippen MR) is 88.0 cm³/mol. The molecule has 0 radical (unpaired) electrons. The van der Waals surface area contributed by atoms with E-state index >= 15 is 0 Å². The molecule has 0 amide bonds. The number of aromatic amines is 1. The zero-order valence-corrected chi connectivity index (χ0v) is 13.3. The zero-order valence-electron chi connectivity index (χ0n) is 11.7. The number of benzene rings is 1. The molecule has 0 spiro atoms. The molecule has 0 aliphatic rings. The molecule has 3 rings (SSSR count). The molecule has 108 valence electrons. The first-order valence-corrected chi connectivity index (χ1v) is 7.45. The Balaban J connectivity index is 2.06. The van der Waals surface area contributed by atoms with Crippen LogP contribution in [0.15, 0.2) is 28.9 Å². The third kappa shape index (κ3) is 2.69. The van der Waals surface area contributed by atoms with Crippen LogP contribution in [0.25, 0.3) is 11.0 Å². The molecule has 2 aromatic heterocycles. The molecule has 0 unspecified atom stereocenters. The van der Waals surface area contributed by atoms with Crippen LogP contribution in [0.1, 0.15) is 12.5 Å². The summed E-state index contributed by atoms with van der Waals surface area (Å²) in [4.78, 5) is 8.89. The van der Waals surface area contributed by atoms with Crippen molar-refractivity contribution in [3.8, 4) is 0 Å². The van der Waals surface area contributed by atoms with Gasteiger partial charge in [-0.05, 0) is 41.4 Å². The van der Waals surface area contributed by atoms with Crippen molar-refractivity contribution in [2.75, 3.05) is 17.2 Å². The van der Waals surface area contributed by atoms with Gasteiger partial charge in [-0.1, -0.05) is 12.1 Å². The van der Waals surface area contributed by atoms with E-state index in [1.165, 1.54) is 0 Å². The van der Waals surface area contributed by atoms with Gasteiger partial charge in [0.15, 0.2) is 5.65 Å². The first kappa shape index (κ1) is 13.8. The number of halogens is 1. The summed E-state index contributed by atoms with van der Waals surface area (Å²) in [5.74, 6) is 1.29. The summed E-state index contributed by atoms with van der Waals surface area (Å²) in [6, 6.07) is 6.05. The molecule has 3 aromatic rings. The van der Waals surface area contributed by atoms with Crippen LogP contribution in [0, 0.1) is 6.92 Å². The van der Waals surface area contributed by atoms with Crippen molar-refractivity contribution in [2.24, 2.45) is 0 Å². The molecule has 0 fully saturated rings. The Kier molecular flexibility index (Phi) is 3.74. The molecule has 0 aliphatic heterocycles. The van der Waals surface area contributed by atoms with E-state index in [4.69, 9.17) is 0 Å². The van der Waals surface area contributed by atoms with Gasteiger partial charge < -0.3 is 10.6 Å². The molecule has 0 saturated heterocycles. The van der Waals surface area contributed by atoms with Crippen molar-refractivity contribution in [3.05, 3.63) is 34.4 Å². The Morgan fingerprint density at radius 3 is 2.95 bits per heavy atom. The van der Waals surface area contributed by atoms with Crippen molar-refractivity contribution in [2.45, 2.75) is 13.8 Å². The number of H-pyrrole nitrogens is 1. The molecular weight excluding hydrogens is 332 g/mol. The van der Waals surface area contributed by atoms with Gasteiger partial charge in [0, 0.05) is 11.0 Å². The van der Waals surface area contributed by atoms with E-state index in [9.17, 15) is 0 Å². The van der Waals surface area contributed by atoms with E-state index in [1.54, 1.807) is 6.20 Å². The number of rotatable bonds is 4. The minimum atomic E-state index is 0.570. The number of nitrogens with one attached hydrogen (secondary N) is 3. The molecule has 6 nitrogen and oxygen atoms in total. The lowest BCUT2D eigenvalue weighted by Gasteiger charge is -2.11. The van der Waals surface area contributed by atoms with E-state index in [0.29, 0.717) is 11.6 Å². The van der Waals surface area contributed by atoms with E-state index < -0.39 is 0 Å². The topological polar surface area (TPSA) is 78.5 Å². The average Bonchev–Trinajstić information content (AvgIpc) is 2.93. The maximum Gasteiger partial charge on any atom is 0.226 e. The number of hydrogen-bond acceptors (Lipinski definition) is 5. The second-order valence-corrected chi connectivity index (χ2v) is 5.41. The van der Waals surface area contributed by atoms with Gasteiger partial charge in [-0.3, -0.25) is 5.10 Å². The maximum atomic E-state index is 4.51. The quantitative estimate of drug-likeness (QED) is 0.672. The lowest BCUT2D eigenvalue weighted by Crippen LogP contribution is -2.05. The molecule has 1 aromatic carbocycles. The fourth-order valence-corrected chi connectivity index (χ4v) is 2.40. The normalized spacial score (nSPS) is 10.8. The van der Waals surface area contributed by atoms with Gasteiger partial charge in [0.1, 0.15) is 5.82 Å². The molecular formula is C14H15BrN6. The highest BCUT2D eigenvalue weighted by molar-refractivity contribution is 9.10. The van der Waals surface area contributed by atoms with Crippen LogP contribution in [0.5, 0.6) is 0 Å². The third-order valence-corrected chi connectivity index (χ3v) is 4.14. The summed E-state index contributed by atoms with van der Waals surface area (Å²) in [7, 11) is 0. The van der Waals surface area contributed by atoms with Crippen LogP contribution in [0.4, 0.5) is 17.5 Å². The van der Waals surface area contributed by atoms with Gasteiger partial charge >= 0.3 is 0 Å². The highest BCUT2D eigenvalue weighted by Crippen LogP contribution is 2.30. The summed E-state index contributed by atoms with van der Waals surface area (Å²) in [6.07, 6.45) is 1.72. The zero-order chi connectivity index (χ0) is 14.8. The van der Waals surface area contributed by atoms with Crippen LogP contribution in [0.2, 0.25) is 0 Å². The summed E-state index contributed by atoms with van der Waals surface area (Å²) in [5.41, 5.74) is 2.82. The van der Waals surface area contributed by atoms with Crippen molar-refractivity contribution >= 4 is 44.4 Å². The number of hydrogen-bond donors (Lipinski definition) is 3. The molecule has 2 heterocycles. The third-order valence-electron chi connectivity index (χ3n) is 3.09. The van der Waals surface area contributed by atoms with Crippen LogP contribution in [-0.4, -0.2) is 26.7 Å². The van der Waals surface area contributed by atoms with E-state index in [2.05, 4.69) is 46.7 Å². The van der Waals surface area contributed by atoms with Crippen LogP contribution >= 0.6 is 15.9 Å². The SMILES string of the molecule is CCNc1nc(Nc2cccc(C)c2Br)c2cn[nH]c2n1. The van der Waals surface area contributed by atoms with Crippen molar-refractivity contribution in [3.63, 3.8) is 0 Å². The van der Waals surface area contributed by atoms with Crippen LogP contribution in [-0.2, 0) is 0 Å².